The molecule has 0 radical (unpaired) electrons. The lowest BCUT2D eigenvalue weighted by Crippen LogP contribution is -2.13. The summed E-state index contributed by atoms with van der Waals surface area (Å²) in [5, 5.41) is 1.96. The van der Waals surface area contributed by atoms with Crippen LogP contribution in [0.3, 0.4) is 0 Å². The molecule has 3 rings (SSSR count). The van der Waals surface area contributed by atoms with E-state index in [1.165, 1.54) is 29.9 Å². The molecule has 0 saturated carbocycles. The van der Waals surface area contributed by atoms with Crippen LogP contribution in [0.5, 0.6) is 0 Å². The number of hydrogen-bond acceptors (Lipinski definition) is 2. The van der Waals surface area contributed by atoms with Gasteiger partial charge in [-0.05, 0) is 67.4 Å². The molecule has 1 aromatic heterocycles. The highest BCUT2D eigenvalue weighted by Gasteiger charge is 2.19. The number of aromatic nitrogens is 1. The third-order valence-corrected chi connectivity index (χ3v) is 5.99. The zero-order valence-corrected chi connectivity index (χ0v) is 14.6. The Labute approximate surface area is 137 Å². The van der Waals surface area contributed by atoms with Gasteiger partial charge in [0, 0.05) is 15.6 Å². The molecule has 0 bridgehead atoms. The van der Waals surface area contributed by atoms with Crippen LogP contribution in [0.1, 0.15) is 24.1 Å². The maximum atomic E-state index is 6.67. The molecule has 20 heavy (non-hydrogen) atoms. The second-order valence-electron chi connectivity index (χ2n) is 5.41. The monoisotopic (exact) mass is 369 g/mol. The van der Waals surface area contributed by atoms with E-state index in [-0.39, 0.29) is 0 Å². The first-order valence-corrected chi connectivity index (χ1v) is 9.29. The van der Waals surface area contributed by atoms with E-state index in [0.717, 1.165) is 38.4 Å². The normalized spacial score (nSPS) is 16.8. The van der Waals surface area contributed by atoms with Gasteiger partial charge in [-0.25, -0.2) is 0 Å². The summed E-state index contributed by atoms with van der Waals surface area (Å²) in [6.45, 7) is 2.08. The minimum atomic E-state index is 0.763. The second kappa shape index (κ2) is 6.25. The molecule has 1 aromatic carbocycles. The highest BCUT2D eigenvalue weighted by atomic mass is 79.9. The van der Waals surface area contributed by atoms with Gasteiger partial charge >= 0.3 is 0 Å². The second-order valence-corrected chi connectivity index (χ2v) is 7.93. The SMILES string of the molecule is Cc1nc2ccc(Br)cc2c(Cl)c1CC1CCSCC1. The van der Waals surface area contributed by atoms with Gasteiger partial charge in [-0.3, -0.25) is 4.98 Å². The largest absolute Gasteiger partial charge is 0.253 e. The number of pyridine rings is 1. The van der Waals surface area contributed by atoms with Gasteiger partial charge in [0.05, 0.1) is 10.5 Å². The van der Waals surface area contributed by atoms with Gasteiger partial charge in [0.2, 0.25) is 0 Å². The lowest BCUT2D eigenvalue weighted by atomic mass is 9.92. The van der Waals surface area contributed by atoms with Crippen LogP contribution in [0.15, 0.2) is 22.7 Å². The summed E-state index contributed by atoms with van der Waals surface area (Å²) in [6.07, 6.45) is 3.68. The molecule has 1 aliphatic heterocycles. The van der Waals surface area contributed by atoms with Gasteiger partial charge in [-0.2, -0.15) is 11.8 Å². The summed E-state index contributed by atoms with van der Waals surface area (Å²) < 4.78 is 1.05. The molecule has 2 aromatic rings. The van der Waals surface area contributed by atoms with Crippen LogP contribution < -0.4 is 0 Å². The molecular formula is C16H17BrClNS. The van der Waals surface area contributed by atoms with Crippen molar-refractivity contribution in [3.05, 3.63) is 39.0 Å². The third-order valence-electron chi connectivity index (χ3n) is 4.02. The standard InChI is InChI=1S/C16H17BrClNS/c1-10-13(8-11-4-6-20-7-5-11)16(18)14-9-12(17)2-3-15(14)19-10/h2-3,9,11H,4-8H2,1H3. The van der Waals surface area contributed by atoms with Gasteiger partial charge < -0.3 is 0 Å². The van der Waals surface area contributed by atoms with Crippen molar-refractivity contribution in [3.63, 3.8) is 0 Å². The Balaban J connectivity index is 2.00. The quantitative estimate of drug-likeness (QED) is 0.678. The van der Waals surface area contributed by atoms with Crippen LogP contribution in [-0.4, -0.2) is 16.5 Å². The number of nitrogens with zero attached hydrogens (tertiary/aromatic N) is 1. The third kappa shape index (κ3) is 3.00. The zero-order valence-electron chi connectivity index (χ0n) is 11.5. The maximum Gasteiger partial charge on any atom is 0.0721 e. The first-order chi connectivity index (χ1) is 9.65. The first kappa shape index (κ1) is 14.7. The van der Waals surface area contributed by atoms with E-state index in [4.69, 9.17) is 16.6 Å². The maximum absolute atomic E-state index is 6.67. The highest BCUT2D eigenvalue weighted by molar-refractivity contribution is 9.10. The lowest BCUT2D eigenvalue weighted by molar-refractivity contribution is 0.486. The minimum Gasteiger partial charge on any atom is -0.253 e. The van der Waals surface area contributed by atoms with Gasteiger partial charge in [0.15, 0.2) is 0 Å². The van der Waals surface area contributed by atoms with E-state index < -0.39 is 0 Å². The van der Waals surface area contributed by atoms with Crippen molar-refractivity contribution in [2.45, 2.75) is 26.2 Å². The van der Waals surface area contributed by atoms with Gasteiger partial charge in [-0.15, -0.1) is 0 Å². The molecule has 1 aliphatic rings. The predicted molar refractivity (Wildman–Crippen MR) is 92.9 cm³/mol. The molecule has 0 aliphatic carbocycles. The average molecular weight is 371 g/mol. The highest BCUT2D eigenvalue weighted by Crippen LogP contribution is 2.34. The van der Waals surface area contributed by atoms with Crippen molar-refractivity contribution >= 4 is 50.2 Å². The number of hydrogen-bond donors (Lipinski definition) is 0. The van der Waals surface area contributed by atoms with Crippen molar-refractivity contribution in [3.8, 4) is 0 Å². The molecule has 0 unspecified atom stereocenters. The number of thioether (sulfide) groups is 1. The lowest BCUT2D eigenvalue weighted by Gasteiger charge is -2.22. The molecule has 1 fully saturated rings. The topological polar surface area (TPSA) is 12.9 Å². The fourth-order valence-corrected chi connectivity index (χ4v) is 4.76. The average Bonchev–Trinajstić information content (AvgIpc) is 2.46. The zero-order chi connectivity index (χ0) is 14.1. The van der Waals surface area contributed by atoms with E-state index in [9.17, 15) is 0 Å². The fourth-order valence-electron chi connectivity index (χ4n) is 2.83. The molecule has 0 atom stereocenters. The fraction of sp³-hybridized carbons (Fsp3) is 0.438. The number of benzene rings is 1. The van der Waals surface area contributed by atoms with Gasteiger partial charge in [0.1, 0.15) is 0 Å². The Morgan fingerprint density at radius 1 is 1.35 bits per heavy atom. The smallest absolute Gasteiger partial charge is 0.0721 e. The Morgan fingerprint density at radius 2 is 2.10 bits per heavy atom. The van der Waals surface area contributed by atoms with Crippen LogP contribution in [0, 0.1) is 12.8 Å². The van der Waals surface area contributed by atoms with Crippen molar-refractivity contribution in [1.82, 2.24) is 4.98 Å². The van der Waals surface area contributed by atoms with E-state index in [1.54, 1.807) is 0 Å². The predicted octanol–water partition coefficient (Wildman–Crippen LogP) is 5.64. The van der Waals surface area contributed by atoms with Gasteiger partial charge in [0.25, 0.3) is 0 Å². The summed E-state index contributed by atoms with van der Waals surface area (Å²) in [4.78, 5) is 4.73. The molecule has 1 saturated heterocycles. The first-order valence-electron chi connectivity index (χ1n) is 6.97. The van der Waals surface area contributed by atoms with Crippen molar-refractivity contribution in [2.24, 2.45) is 5.92 Å². The van der Waals surface area contributed by atoms with E-state index in [1.807, 2.05) is 12.1 Å². The summed E-state index contributed by atoms with van der Waals surface area (Å²) in [5.41, 5.74) is 3.32. The summed E-state index contributed by atoms with van der Waals surface area (Å²) in [6, 6.07) is 6.12. The minimum absolute atomic E-state index is 0.763. The van der Waals surface area contributed by atoms with E-state index in [0.29, 0.717) is 0 Å². The summed E-state index contributed by atoms with van der Waals surface area (Å²) in [5.74, 6) is 3.33. The molecule has 4 heteroatoms. The Kier molecular flexibility index (Phi) is 4.58. The Hall–Kier alpha value is -0.250. The van der Waals surface area contributed by atoms with Crippen molar-refractivity contribution in [1.29, 1.82) is 0 Å². The molecule has 2 heterocycles. The number of rotatable bonds is 2. The van der Waals surface area contributed by atoms with Crippen LogP contribution in [0.4, 0.5) is 0 Å². The summed E-state index contributed by atoms with van der Waals surface area (Å²) in [7, 11) is 0. The Bertz CT molecular complexity index is 638. The number of aryl methyl sites for hydroxylation is 1. The molecule has 106 valence electrons. The Morgan fingerprint density at radius 3 is 2.85 bits per heavy atom. The molecule has 0 spiro atoms. The number of fused-ring (bicyclic) bond motifs is 1. The number of halogens is 2. The molecule has 0 N–H and O–H groups in total. The van der Waals surface area contributed by atoms with Crippen LogP contribution in [-0.2, 0) is 6.42 Å². The van der Waals surface area contributed by atoms with Gasteiger partial charge in [-0.1, -0.05) is 27.5 Å². The molecule has 0 amide bonds. The van der Waals surface area contributed by atoms with Crippen LogP contribution in [0.2, 0.25) is 5.02 Å². The van der Waals surface area contributed by atoms with Crippen molar-refractivity contribution in [2.75, 3.05) is 11.5 Å². The van der Waals surface area contributed by atoms with Crippen LogP contribution in [0.25, 0.3) is 10.9 Å². The molecular weight excluding hydrogens is 354 g/mol. The van der Waals surface area contributed by atoms with E-state index in [2.05, 4.69) is 40.7 Å². The van der Waals surface area contributed by atoms with E-state index >= 15 is 0 Å². The summed E-state index contributed by atoms with van der Waals surface area (Å²) >= 11 is 12.3. The van der Waals surface area contributed by atoms with Crippen LogP contribution >= 0.6 is 39.3 Å². The van der Waals surface area contributed by atoms with Crippen molar-refractivity contribution < 1.29 is 0 Å². The molecule has 1 nitrogen and oxygen atoms in total.